The van der Waals surface area contributed by atoms with Crippen LogP contribution in [-0.4, -0.2) is 20.9 Å². The van der Waals surface area contributed by atoms with Crippen LogP contribution in [0.5, 0.6) is 5.75 Å². The first-order chi connectivity index (χ1) is 7.33. The highest BCUT2D eigenvalue weighted by Gasteiger charge is 2.27. The Morgan fingerprint density at radius 3 is 2.69 bits per heavy atom. The van der Waals surface area contributed by atoms with Crippen molar-refractivity contribution in [1.82, 2.24) is 0 Å². The van der Waals surface area contributed by atoms with Gasteiger partial charge in [-0.25, -0.2) is 0 Å². The Hall–Kier alpha value is -1.43. The number of carboxylic acid groups (broad SMARTS) is 1. The van der Waals surface area contributed by atoms with Crippen molar-refractivity contribution in [1.29, 1.82) is 0 Å². The van der Waals surface area contributed by atoms with Gasteiger partial charge >= 0.3 is 5.97 Å². The number of hydrogen-bond donors (Lipinski definition) is 2. The Morgan fingerprint density at radius 2 is 2.19 bits per heavy atom. The van der Waals surface area contributed by atoms with Crippen LogP contribution in [0, 0.1) is 0 Å². The van der Waals surface area contributed by atoms with E-state index < -0.39 is 21.9 Å². The molecule has 2 N–H and O–H groups in total. The monoisotopic (exact) mass is 244 g/mol. The fourth-order valence-corrected chi connectivity index (χ4v) is 1.61. The van der Waals surface area contributed by atoms with Crippen LogP contribution in [0.4, 0.5) is 0 Å². The fraction of sp³-hybridized carbons (Fsp3) is 0.400. The number of hydrogen-bond acceptors (Lipinski definition) is 5. The van der Waals surface area contributed by atoms with Crippen molar-refractivity contribution >= 4 is 17.7 Å². The molecule has 0 atom stereocenters. The van der Waals surface area contributed by atoms with E-state index in [1.165, 1.54) is 0 Å². The molecular formula is C10H12O5S. The first-order valence-corrected chi connectivity index (χ1v) is 5.49. The van der Waals surface area contributed by atoms with Crippen LogP contribution in [0.15, 0.2) is 21.5 Å². The number of rotatable bonds is 4. The zero-order chi connectivity index (χ0) is 12.3. The second-order valence-corrected chi connectivity index (χ2v) is 5.30. The van der Waals surface area contributed by atoms with Crippen LogP contribution >= 0.6 is 11.8 Å². The molecule has 0 unspecified atom stereocenters. The lowest BCUT2D eigenvalue weighted by Gasteiger charge is -2.17. The van der Waals surface area contributed by atoms with Gasteiger partial charge < -0.3 is 14.6 Å². The van der Waals surface area contributed by atoms with Crippen LogP contribution in [0.2, 0.25) is 0 Å². The third-order valence-corrected chi connectivity index (χ3v) is 3.28. The average molecular weight is 244 g/mol. The maximum atomic E-state index is 11.1. The van der Waals surface area contributed by atoms with Gasteiger partial charge in [0.15, 0.2) is 5.75 Å². The molecule has 0 fully saturated rings. The van der Waals surface area contributed by atoms with Crippen LogP contribution in [0.3, 0.4) is 0 Å². The highest BCUT2D eigenvalue weighted by Crippen LogP contribution is 2.28. The molecule has 0 amide bonds. The van der Waals surface area contributed by atoms with Crippen LogP contribution < -0.4 is 5.43 Å². The Balaban J connectivity index is 2.72. The van der Waals surface area contributed by atoms with Crippen molar-refractivity contribution in [2.24, 2.45) is 0 Å². The Kier molecular flexibility index (Phi) is 3.64. The molecule has 1 aromatic rings. The maximum absolute atomic E-state index is 11.1. The third kappa shape index (κ3) is 3.03. The smallest absolute Gasteiger partial charge is 0.319 e. The van der Waals surface area contributed by atoms with Crippen LogP contribution in [-0.2, 0) is 10.5 Å². The van der Waals surface area contributed by atoms with Gasteiger partial charge in [0.05, 0.1) is 5.75 Å². The molecule has 88 valence electrons. The van der Waals surface area contributed by atoms with E-state index in [1.54, 1.807) is 13.8 Å². The van der Waals surface area contributed by atoms with Gasteiger partial charge in [-0.05, 0) is 13.8 Å². The minimum Gasteiger partial charge on any atom is -0.502 e. The summed E-state index contributed by atoms with van der Waals surface area (Å²) in [4.78, 5) is 21.9. The summed E-state index contributed by atoms with van der Waals surface area (Å²) in [5, 5.41) is 17.8. The van der Waals surface area contributed by atoms with Crippen molar-refractivity contribution in [3.8, 4) is 5.75 Å². The van der Waals surface area contributed by atoms with Crippen molar-refractivity contribution in [2.45, 2.75) is 24.3 Å². The Bertz CT molecular complexity index is 449. The van der Waals surface area contributed by atoms with Crippen LogP contribution in [0.1, 0.15) is 19.6 Å². The van der Waals surface area contributed by atoms with E-state index in [9.17, 15) is 9.59 Å². The molecule has 5 nitrogen and oxygen atoms in total. The van der Waals surface area contributed by atoms with E-state index >= 15 is 0 Å². The fourth-order valence-electron chi connectivity index (χ4n) is 0.833. The zero-order valence-electron chi connectivity index (χ0n) is 8.89. The van der Waals surface area contributed by atoms with Gasteiger partial charge in [-0.2, -0.15) is 0 Å². The number of carbonyl (C=O) groups is 1. The number of aromatic hydroxyl groups is 1. The summed E-state index contributed by atoms with van der Waals surface area (Å²) in [6.45, 7) is 3.14. The first kappa shape index (κ1) is 12.6. The van der Waals surface area contributed by atoms with Crippen LogP contribution in [0.25, 0.3) is 0 Å². The molecule has 1 aromatic heterocycles. The molecule has 0 aromatic carbocycles. The lowest BCUT2D eigenvalue weighted by atomic mass is 10.2. The second-order valence-electron chi connectivity index (χ2n) is 3.70. The van der Waals surface area contributed by atoms with Gasteiger partial charge in [0.25, 0.3) is 0 Å². The summed E-state index contributed by atoms with van der Waals surface area (Å²) in [7, 11) is 0. The highest BCUT2D eigenvalue weighted by atomic mass is 32.2. The molecule has 6 heteroatoms. The van der Waals surface area contributed by atoms with E-state index in [0.29, 0.717) is 5.76 Å². The lowest BCUT2D eigenvalue weighted by molar-refractivity contribution is -0.138. The molecule has 1 heterocycles. The van der Waals surface area contributed by atoms with Crippen molar-refractivity contribution in [2.75, 3.05) is 0 Å². The minimum absolute atomic E-state index is 0.259. The molecule has 0 saturated heterocycles. The third-order valence-electron chi connectivity index (χ3n) is 1.96. The zero-order valence-corrected chi connectivity index (χ0v) is 9.71. The lowest BCUT2D eigenvalue weighted by Crippen LogP contribution is -2.27. The highest BCUT2D eigenvalue weighted by molar-refractivity contribution is 8.00. The molecule has 1 rings (SSSR count). The van der Waals surface area contributed by atoms with Gasteiger partial charge in [-0.3, -0.25) is 9.59 Å². The summed E-state index contributed by atoms with van der Waals surface area (Å²) in [6.07, 6.45) is 0.950. The normalized spacial score (nSPS) is 11.4. The van der Waals surface area contributed by atoms with Gasteiger partial charge in [0, 0.05) is 6.07 Å². The summed E-state index contributed by atoms with van der Waals surface area (Å²) in [5.74, 6) is -0.790. The maximum Gasteiger partial charge on any atom is 0.319 e. The minimum atomic E-state index is -0.948. The van der Waals surface area contributed by atoms with Gasteiger partial charge in [-0.1, -0.05) is 0 Å². The van der Waals surface area contributed by atoms with E-state index in [4.69, 9.17) is 14.6 Å². The predicted molar refractivity (Wildman–Crippen MR) is 59.7 cm³/mol. The Morgan fingerprint density at radius 1 is 1.56 bits per heavy atom. The van der Waals surface area contributed by atoms with E-state index in [2.05, 4.69) is 0 Å². The summed E-state index contributed by atoms with van der Waals surface area (Å²) < 4.78 is 4.00. The van der Waals surface area contributed by atoms with E-state index in [1.807, 2.05) is 0 Å². The van der Waals surface area contributed by atoms with E-state index in [-0.39, 0.29) is 5.75 Å². The summed E-state index contributed by atoms with van der Waals surface area (Å²) in [5.41, 5.74) is -0.532. The largest absolute Gasteiger partial charge is 0.502 e. The quantitative estimate of drug-likeness (QED) is 0.833. The summed E-state index contributed by atoms with van der Waals surface area (Å²) in [6, 6.07) is 1.15. The number of thioether (sulfide) groups is 1. The topological polar surface area (TPSA) is 87.7 Å². The molecule has 16 heavy (non-hydrogen) atoms. The van der Waals surface area contributed by atoms with Crippen molar-refractivity contribution in [3.05, 3.63) is 28.3 Å². The first-order valence-electron chi connectivity index (χ1n) is 4.51. The summed E-state index contributed by atoms with van der Waals surface area (Å²) >= 11 is 1.14. The second kappa shape index (κ2) is 4.61. The average Bonchev–Trinajstić information content (AvgIpc) is 2.20. The standard InChI is InChI=1S/C10H12O5S/c1-10(2,9(13)14)16-5-6-3-7(11)8(12)4-15-6/h3-4,12H,5H2,1-2H3,(H,13,14). The van der Waals surface area contributed by atoms with Gasteiger partial charge in [0.2, 0.25) is 5.43 Å². The number of carboxylic acids is 1. The number of aliphatic carboxylic acids is 1. The molecule has 0 aliphatic heterocycles. The Labute approximate surface area is 96.1 Å². The molecule has 0 bridgehead atoms. The SMILES string of the molecule is CC(C)(SCc1cc(=O)c(O)co1)C(=O)O. The van der Waals surface area contributed by atoms with Crippen molar-refractivity contribution < 1.29 is 19.4 Å². The van der Waals surface area contributed by atoms with Gasteiger partial charge in [-0.15, -0.1) is 11.8 Å². The molecule has 0 aliphatic rings. The molecule has 0 saturated carbocycles. The van der Waals surface area contributed by atoms with E-state index in [0.717, 1.165) is 24.1 Å². The van der Waals surface area contributed by atoms with Crippen molar-refractivity contribution in [3.63, 3.8) is 0 Å². The molecule has 0 spiro atoms. The predicted octanol–water partition coefficient (Wildman–Crippen LogP) is 1.44. The van der Waals surface area contributed by atoms with Gasteiger partial charge in [0.1, 0.15) is 16.8 Å². The molecule has 0 radical (unpaired) electrons. The molecular weight excluding hydrogens is 232 g/mol. The molecule has 0 aliphatic carbocycles.